The van der Waals surface area contributed by atoms with Gasteiger partial charge in [0.2, 0.25) is 11.8 Å². The molecule has 0 heterocycles. The first kappa shape index (κ1) is 24.8. The summed E-state index contributed by atoms with van der Waals surface area (Å²) in [7, 11) is 0. The molecule has 0 aromatic heterocycles. The maximum Gasteiger partial charge on any atom is 0.522 e. The highest BCUT2D eigenvalue weighted by molar-refractivity contribution is 6.31. The van der Waals surface area contributed by atoms with Gasteiger partial charge in [-0.15, -0.1) is 13.2 Å². The molecule has 0 saturated heterocycles. The van der Waals surface area contributed by atoms with E-state index in [2.05, 4.69) is 15.4 Å². The predicted molar refractivity (Wildman–Crippen MR) is 121 cm³/mol. The Bertz CT molecular complexity index is 1030. The fourth-order valence-corrected chi connectivity index (χ4v) is 4.62. The Labute approximate surface area is 200 Å². The van der Waals surface area contributed by atoms with Gasteiger partial charge in [-0.05, 0) is 60.7 Å². The van der Waals surface area contributed by atoms with Crippen LogP contribution in [-0.4, -0.2) is 43.0 Å². The van der Waals surface area contributed by atoms with Crippen molar-refractivity contribution in [2.75, 3.05) is 11.9 Å². The number of halogens is 4. The molecule has 0 bridgehead atoms. The number of carbonyl (C=O) groups is 2. The number of alkyl halides is 3. The largest absolute Gasteiger partial charge is 0.522 e. The van der Waals surface area contributed by atoms with Gasteiger partial charge in [0.05, 0.1) is 12.2 Å². The van der Waals surface area contributed by atoms with E-state index in [1.54, 1.807) is 6.07 Å². The number of nitrogens with one attached hydrogen (secondary N) is 2. The molecule has 0 aliphatic heterocycles. The van der Waals surface area contributed by atoms with Crippen LogP contribution in [0.1, 0.15) is 38.5 Å². The van der Waals surface area contributed by atoms with E-state index < -0.39 is 18.6 Å². The zero-order chi connectivity index (χ0) is 24.3. The molecule has 2 aromatic carbocycles. The topological polar surface area (TPSA) is 76.7 Å². The second-order valence-corrected chi connectivity index (χ2v) is 9.34. The van der Waals surface area contributed by atoms with Gasteiger partial charge in [-0.25, -0.2) is 0 Å². The van der Waals surface area contributed by atoms with Gasteiger partial charge in [0.15, 0.2) is 0 Å². The Kier molecular flexibility index (Phi) is 7.64. The van der Waals surface area contributed by atoms with E-state index in [0.29, 0.717) is 30.7 Å². The molecule has 4 rings (SSSR count). The van der Waals surface area contributed by atoms with Crippen molar-refractivity contribution in [1.82, 2.24) is 5.32 Å². The Morgan fingerprint density at radius 3 is 2.35 bits per heavy atom. The van der Waals surface area contributed by atoms with Crippen LogP contribution in [0.2, 0.25) is 5.02 Å². The van der Waals surface area contributed by atoms with Crippen molar-refractivity contribution < 1.29 is 32.2 Å². The van der Waals surface area contributed by atoms with Crippen LogP contribution in [0.15, 0.2) is 36.4 Å². The van der Waals surface area contributed by atoms with Gasteiger partial charge in [-0.1, -0.05) is 23.7 Å². The van der Waals surface area contributed by atoms with Crippen molar-refractivity contribution in [1.29, 1.82) is 0 Å². The van der Waals surface area contributed by atoms with E-state index in [1.165, 1.54) is 0 Å². The minimum absolute atomic E-state index is 0.0398. The number of carbonyl (C=O) groups excluding carboxylic acids is 2. The monoisotopic (exact) mass is 498 g/mol. The van der Waals surface area contributed by atoms with Crippen LogP contribution in [0.25, 0.3) is 10.8 Å². The van der Waals surface area contributed by atoms with Crippen LogP contribution < -0.4 is 10.6 Å². The summed E-state index contributed by atoms with van der Waals surface area (Å²) in [5.41, 5.74) is 0.728. The molecule has 0 unspecified atom stereocenters. The molecule has 6 nitrogen and oxygen atoms in total. The third-order valence-corrected chi connectivity index (χ3v) is 6.57. The Morgan fingerprint density at radius 2 is 1.65 bits per heavy atom. The SMILES string of the molecule is O=C(COC1CC(OC(F)(F)F)C1)NC1CCC(C(=O)Nc2ccc3cc(Cl)ccc3c2)CC1. The summed E-state index contributed by atoms with van der Waals surface area (Å²) in [6.07, 6.45) is -3.05. The first-order valence-corrected chi connectivity index (χ1v) is 11.7. The maximum atomic E-state index is 12.7. The van der Waals surface area contributed by atoms with E-state index in [-0.39, 0.29) is 43.2 Å². The highest BCUT2D eigenvalue weighted by Gasteiger charge is 2.40. The molecule has 2 saturated carbocycles. The summed E-state index contributed by atoms with van der Waals surface area (Å²) >= 11 is 6.01. The molecule has 0 radical (unpaired) electrons. The number of hydrogen-bond acceptors (Lipinski definition) is 4. The molecule has 184 valence electrons. The second-order valence-electron chi connectivity index (χ2n) is 8.90. The van der Waals surface area contributed by atoms with Crippen molar-refractivity contribution in [3.63, 3.8) is 0 Å². The summed E-state index contributed by atoms with van der Waals surface area (Å²) in [5, 5.41) is 8.51. The third kappa shape index (κ3) is 6.84. The summed E-state index contributed by atoms with van der Waals surface area (Å²) in [6.45, 7) is -0.197. The smallest absolute Gasteiger partial charge is 0.368 e. The lowest BCUT2D eigenvalue weighted by molar-refractivity contribution is -0.357. The summed E-state index contributed by atoms with van der Waals surface area (Å²) in [5.74, 6) is -0.475. The normalized spacial score (nSPS) is 24.9. The second kappa shape index (κ2) is 10.5. The van der Waals surface area contributed by atoms with Gasteiger partial charge in [-0.3, -0.25) is 14.3 Å². The van der Waals surface area contributed by atoms with Crippen LogP contribution in [0.5, 0.6) is 0 Å². The van der Waals surface area contributed by atoms with Gasteiger partial charge < -0.3 is 15.4 Å². The van der Waals surface area contributed by atoms with Gasteiger partial charge in [-0.2, -0.15) is 0 Å². The Hall–Kier alpha value is -2.36. The summed E-state index contributed by atoms with van der Waals surface area (Å²) < 4.78 is 45.6. The van der Waals surface area contributed by atoms with E-state index in [4.69, 9.17) is 16.3 Å². The minimum atomic E-state index is -4.65. The van der Waals surface area contributed by atoms with Crippen LogP contribution in [0.4, 0.5) is 18.9 Å². The van der Waals surface area contributed by atoms with Gasteiger partial charge in [0.1, 0.15) is 6.61 Å². The van der Waals surface area contributed by atoms with Crippen LogP contribution in [0.3, 0.4) is 0 Å². The van der Waals surface area contributed by atoms with Crippen LogP contribution >= 0.6 is 11.6 Å². The number of hydrogen-bond donors (Lipinski definition) is 2. The minimum Gasteiger partial charge on any atom is -0.368 e. The Morgan fingerprint density at radius 1 is 0.971 bits per heavy atom. The average molecular weight is 499 g/mol. The lowest BCUT2D eigenvalue weighted by Crippen LogP contribution is -2.44. The first-order chi connectivity index (χ1) is 16.1. The van der Waals surface area contributed by atoms with Crippen molar-refractivity contribution in [3.8, 4) is 0 Å². The zero-order valence-electron chi connectivity index (χ0n) is 18.4. The average Bonchev–Trinajstić information content (AvgIpc) is 2.75. The number of fused-ring (bicyclic) bond motifs is 1. The number of benzene rings is 2. The summed E-state index contributed by atoms with van der Waals surface area (Å²) in [6, 6.07) is 11.2. The van der Waals surface area contributed by atoms with Crippen LogP contribution in [0, 0.1) is 5.92 Å². The van der Waals surface area contributed by atoms with E-state index in [9.17, 15) is 22.8 Å². The van der Waals surface area contributed by atoms with Gasteiger partial charge >= 0.3 is 6.36 Å². The Balaban J connectivity index is 1.15. The molecular formula is C24H26ClF3N2O4. The maximum absolute atomic E-state index is 12.7. The standard InChI is InChI=1S/C24H26ClF3N2O4/c25-17-5-1-16-10-19(8-4-15(16)9-17)30-23(32)14-2-6-18(7-3-14)29-22(31)13-33-20-11-21(12-20)34-24(26,27)28/h1,4-5,8-10,14,18,20-21H,2-3,6-7,11-13H2,(H,29,31)(H,30,32). The fourth-order valence-electron chi connectivity index (χ4n) is 4.44. The first-order valence-electron chi connectivity index (χ1n) is 11.3. The number of anilines is 1. The fraction of sp³-hybridized carbons (Fsp3) is 0.500. The van der Waals surface area contributed by atoms with Gasteiger partial charge in [0, 0.05) is 35.5 Å². The van der Waals surface area contributed by atoms with Crippen LogP contribution in [-0.2, 0) is 19.1 Å². The van der Waals surface area contributed by atoms with Gasteiger partial charge in [0.25, 0.3) is 0 Å². The van der Waals surface area contributed by atoms with E-state index in [0.717, 1.165) is 16.5 Å². The molecule has 2 aliphatic rings. The number of ether oxygens (including phenoxy) is 2. The molecule has 10 heteroatoms. The highest BCUT2D eigenvalue weighted by Crippen LogP contribution is 2.32. The van der Waals surface area contributed by atoms with E-state index >= 15 is 0 Å². The quantitative estimate of drug-likeness (QED) is 0.551. The van der Waals surface area contributed by atoms with Crippen molar-refractivity contribution in [3.05, 3.63) is 41.4 Å². The molecule has 2 amide bonds. The molecule has 2 fully saturated rings. The molecule has 34 heavy (non-hydrogen) atoms. The van der Waals surface area contributed by atoms with Crippen molar-refractivity contribution >= 4 is 39.9 Å². The number of amides is 2. The van der Waals surface area contributed by atoms with E-state index in [1.807, 2.05) is 30.3 Å². The molecular weight excluding hydrogens is 473 g/mol. The third-order valence-electron chi connectivity index (χ3n) is 6.33. The lowest BCUT2D eigenvalue weighted by atomic mass is 9.85. The van der Waals surface area contributed by atoms with Crippen molar-refractivity contribution in [2.45, 2.75) is 63.1 Å². The predicted octanol–water partition coefficient (Wildman–Crippen LogP) is 5.19. The molecule has 0 atom stereocenters. The highest BCUT2D eigenvalue weighted by atomic mass is 35.5. The van der Waals surface area contributed by atoms with Crippen molar-refractivity contribution in [2.24, 2.45) is 5.92 Å². The molecule has 0 spiro atoms. The lowest BCUT2D eigenvalue weighted by Gasteiger charge is -2.35. The number of rotatable bonds is 7. The molecule has 2 N–H and O–H groups in total. The zero-order valence-corrected chi connectivity index (χ0v) is 19.1. The summed E-state index contributed by atoms with van der Waals surface area (Å²) in [4.78, 5) is 24.8. The molecule has 2 aliphatic carbocycles. The molecule has 2 aromatic rings.